The fourth-order valence-electron chi connectivity index (χ4n) is 3.01. The Kier molecular flexibility index (Phi) is 4.63. The lowest BCUT2D eigenvalue weighted by Gasteiger charge is -2.34. The summed E-state index contributed by atoms with van der Waals surface area (Å²) in [5.74, 6) is -0.323. The Morgan fingerprint density at radius 3 is 2.62 bits per heavy atom. The molecule has 0 aromatic heterocycles. The first-order chi connectivity index (χ1) is 11.4. The van der Waals surface area contributed by atoms with Crippen LogP contribution in [0.25, 0.3) is 5.57 Å². The first-order valence-electron chi connectivity index (χ1n) is 8.19. The number of phenolic OH excluding ortho intramolecular Hbond substituents is 1. The van der Waals surface area contributed by atoms with Gasteiger partial charge in [-0.1, -0.05) is 36.9 Å². The third kappa shape index (κ3) is 3.61. The monoisotopic (exact) mass is 328 g/mol. The van der Waals surface area contributed by atoms with Crippen molar-refractivity contribution in [2.45, 2.75) is 37.8 Å². The smallest absolute Gasteiger partial charge is 0.163 e. The van der Waals surface area contributed by atoms with E-state index in [4.69, 9.17) is 14.2 Å². The zero-order chi connectivity index (χ0) is 17.2. The fourth-order valence-corrected chi connectivity index (χ4v) is 3.01. The molecule has 2 atom stereocenters. The maximum absolute atomic E-state index is 9.49. The molecule has 0 radical (unpaired) electrons. The second-order valence-electron chi connectivity index (χ2n) is 6.67. The van der Waals surface area contributed by atoms with Crippen LogP contribution in [-0.4, -0.2) is 35.8 Å². The Labute approximate surface area is 143 Å². The molecular weight excluding hydrogens is 304 g/mol. The van der Waals surface area contributed by atoms with Crippen LogP contribution < -0.4 is 0 Å². The van der Waals surface area contributed by atoms with Gasteiger partial charge < -0.3 is 19.3 Å². The molecule has 1 aromatic rings. The second-order valence-corrected chi connectivity index (χ2v) is 6.67. The molecular formula is C20H24O4. The van der Waals surface area contributed by atoms with Crippen molar-refractivity contribution in [3.05, 3.63) is 60.7 Å². The van der Waals surface area contributed by atoms with Gasteiger partial charge in [0.05, 0.1) is 13.2 Å². The number of hydrogen-bond donors (Lipinski definition) is 1. The SMILES string of the molecule is C=C(c1ccc(O)cc1)C1(OCC2COC(C)(C)O2)C=CC=CC1. The summed E-state index contributed by atoms with van der Waals surface area (Å²) in [6.07, 6.45) is 8.70. The minimum atomic E-state index is -0.609. The number of rotatable bonds is 5. The molecule has 0 spiro atoms. The van der Waals surface area contributed by atoms with Gasteiger partial charge in [0.25, 0.3) is 0 Å². The van der Waals surface area contributed by atoms with Gasteiger partial charge in [-0.2, -0.15) is 0 Å². The van der Waals surface area contributed by atoms with Crippen LogP contribution in [0.4, 0.5) is 0 Å². The zero-order valence-corrected chi connectivity index (χ0v) is 14.2. The van der Waals surface area contributed by atoms with E-state index >= 15 is 0 Å². The van der Waals surface area contributed by atoms with Crippen LogP contribution in [0.1, 0.15) is 25.8 Å². The largest absolute Gasteiger partial charge is 0.508 e. The molecule has 1 heterocycles. The van der Waals surface area contributed by atoms with Crippen molar-refractivity contribution in [2.75, 3.05) is 13.2 Å². The molecule has 1 fully saturated rings. The molecule has 2 aliphatic rings. The molecule has 1 aromatic carbocycles. The molecule has 4 heteroatoms. The number of allylic oxidation sites excluding steroid dienone is 2. The summed E-state index contributed by atoms with van der Waals surface area (Å²) in [7, 11) is 0. The summed E-state index contributed by atoms with van der Waals surface area (Å²) in [6.45, 7) is 9.02. The van der Waals surface area contributed by atoms with Gasteiger partial charge in [0, 0.05) is 6.42 Å². The summed E-state index contributed by atoms with van der Waals surface area (Å²) in [5.41, 5.74) is 1.19. The molecule has 1 saturated heterocycles. The van der Waals surface area contributed by atoms with Gasteiger partial charge in [0.15, 0.2) is 5.79 Å². The molecule has 4 nitrogen and oxygen atoms in total. The Balaban J connectivity index is 1.75. The van der Waals surface area contributed by atoms with Gasteiger partial charge in [-0.05, 0) is 43.2 Å². The lowest BCUT2D eigenvalue weighted by molar-refractivity contribution is -0.148. The average Bonchev–Trinajstić information content (AvgIpc) is 2.93. The maximum atomic E-state index is 9.49. The van der Waals surface area contributed by atoms with Gasteiger partial charge in [-0.25, -0.2) is 0 Å². The fraction of sp³-hybridized carbons (Fsp3) is 0.400. The summed E-state index contributed by atoms with van der Waals surface area (Å²) < 4.78 is 17.7. The lowest BCUT2D eigenvalue weighted by atomic mass is 9.84. The summed E-state index contributed by atoms with van der Waals surface area (Å²) >= 11 is 0. The summed E-state index contributed by atoms with van der Waals surface area (Å²) in [4.78, 5) is 0. The molecule has 2 unspecified atom stereocenters. The van der Waals surface area contributed by atoms with E-state index in [9.17, 15) is 5.11 Å². The zero-order valence-electron chi connectivity index (χ0n) is 14.2. The molecule has 0 bridgehead atoms. The first-order valence-corrected chi connectivity index (χ1v) is 8.19. The van der Waals surface area contributed by atoms with E-state index < -0.39 is 11.4 Å². The van der Waals surface area contributed by atoms with Crippen molar-refractivity contribution in [3.8, 4) is 5.75 Å². The molecule has 128 valence electrons. The number of aromatic hydroxyl groups is 1. The molecule has 24 heavy (non-hydrogen) atoms. The van der Waals surface area contributed by atoms with Crippen LogP contribution in [0.3, 0.4) is 0 Å². The molecule has 1 aliphatic heterocycles. The van der Waals surface area contributed by atoms with Crippen molar-refractivity contribution in [1.29, 1.82) is 0 Å². The van der Waals surface area contributed by atoms with E-state index in [0.29, 0.717) is 19.6 Å². The van der Waals surface area contributed by atoms with Crippen molar-refractivity contribution in [2.24, 2.45) is 0 Å². The van der Waals surface area contributed by atoms with E-state index in [-0.39, 0.29) is 11.9 Å². The highest BCUT2D eigenvalue weighted by Crippen LogP contribution is 2.37. The van der Waals surface area contributed by atoms with Crippen molar-refractivity contribution in [3.63, 3.8) is 0 Å². The number of phenols is 1. The van der Waals surface area contributed by atoms with Crippen molar-refractivity contribution < 1.29 is 19.3 Å². The lowest BCUT2D eigenvalue weighted by Crippen LogP contribution is -2.36. The Hall–Kier alpha value is -1.88. The van der Waals surface area contributed by atoms with Crippen LogP contribution in [0.2, 0.25) is 0 Å². The third-order valence-corrected chi connectivity index (χ3v) is 4.35. The molecule has 0 amide bonds. The van der Waals surface area contributed by atoms with E-state index in [1.165, 1.54) is 0 Å². The topological polar surface area (TPSA) is 47.9 Å². The molecule has 0 saturated carbocycles. The van der Waals surface area contributed by atoms with Crippen LogP contribution >= 0.6 is 0 Å². The molecule has 1 aliphatic carbocycles. The Bertz CT molecular complexity index is 657. The van der Waals surface area contributed by atoms with Crippen LogP contribution in [0.15, 0.2) is 55.1 Å². The highest BCUT2D eigenvalue weighted by molar-refractivity contribution is 5.73. The Morgan fingerprint density at radius 2 is 2.04 bits per heavy atom. The van der Waals surface area contributed by atoms with Crippen molar-refractivity contribution >= 4 is 5.57 Å². The first kappa shape index (κ1) is 17.0. The summed E-state index contributed by atoms with van der Waals surface area (Å²) in [5, 5.41) is 9.49. The molecule has 1 N–H and O–H groups in total. The van der Waals surface area contributed by atoms with Crippen LogP contribution in [0.5, 0.6) is 5.75 Å². The third-order valence-electron chi connectivity index (χ3n) is 4.35. The number of benzene rings is 1. The van der Waals surface area contributed by atoms with Crippen LogP contribution in [0, 0.1) is 0 Å². The highest BCUT2D eigenvalue weighted by atomic mass is 16.7. The minimum absolute atomic E-state index is 0.0937. The van der Waals surface area contributed by atoms with Crippen LogP contribution in [-0.2, 0) is 14.2 Å². The van der Waals surface area contributed by atoms with E-state index in [1.54, 1.807) is 12.1 Å². The van der Waals surface area contributed by atoms with E-state index in [0.717, 1.165) is 11.1 Å². The average molecular weight is 328 g/mol. The van der Waals surface area contributed by atoms with E-state index in [2.05, 4.69) is 12.7 Å². The summed E-state index contributed by atoms with van der Waals surface area (Å²) in [6, 6.07) is 7.03. The predicted octanol–water partition coefficient (Wildman–Crippen LogP) is 3.83. The molecule has 3 rings (SSSR count). The predicted molar refractivity (Wildman–Crippen MR) is 93.6 cm³/mol. The Morgan fingerprint density at radius 1 is 1.29 bits per heavy atom. The quantitative estimate of drug-likeness (QED) is 0.892. The highest BCUT2D eigenvalue weighted by Gasteiger charge is 2.37. The number of hydrogen-bond acceptors (Lipinski definition) is 4. The van der Waals surface area contributed by atoms with Gasteiger partial charge >= 0.3 is 0 Å². The van der Waals surface area contributed by atoms with Crippen molar-refractivity contribution in [1.82, 2.24) is 0 Å². The minimum Gasteiger partial charge on any atom is -0.508 e. The second kappa shape index (κ2) is 6.55. The van der Waals surface area contributed by atoms with Gasteiger partial charge in [-0.15, -0.1) is 0 Å². The standard InChI is InChI=1S/C20H24O4/c1-15(16-7-9-17(21)10-8-16)20(11-5-4-6-12-20)23-14-18-13-22-19(2,3)24-18/h4-11,18,21H,1,12-14H2,2-3H3. The van der Waals surface area contributed by atoms with Gasteiger partial charge in [0.2, 0.25) is 0 Å². The number of ether oxygens (including phenoxy) is 3. The van der Waals surface area contributed by atoms with Gasteiger partial charge in [0.1, 0.15) is 17.5 Å². The van der Waals surface area contributed by atoms with E-state index in [1.807, 2.05) is 44.2 Å². The van der Waals surface area contributed by atoms with Gasteiger partial charge in [-0.3, -0.25) is 0 Å². The maximum Gasteiger partial charge on any atom is 0.163 e. The normalized spacial score (nSPS) is 28.2.